The van der Waals surface area contributed by atoms with Gasteiger partial charge in [-0.15, -0.1) is 0 Å². The molecule has 0 heterocycles. The largest absolute Gasteiger partial charge is 0.478 e. The van der Waals surface area contributed by atoms with E-state index in [-0.39, 0.29) is 19.8 Å². The van der Waals surface area contributed by atoms with Crippen LogP contribution >= 0.6 is 44.8 Å². The molecule has 0 atom stereocenters. The van der Waals surface area contributed by atoms with Gasteiger partial charge in [-0.1, -0.05) is 23.2 Å². The van der Waals surface area contributed by atoms with E-state index in [4.69, 9.17) is 33.4 Å². The average Bonchev–Trinajstić information content (AvgIpc) is 2.58. The number of carbonyl (C=O) groups is 2. The van der Waals surface area contributed by atoms with Gasteiger partial charge in [0.2, 0.25) is 0 Å². The molecule has 0 aromatic heterocycles. The fourth-order valence-corrected chi connectivity index (χ4v) is 4.83. The molecule has 0 amide bonds. The monoisotopic (exact) mass is 464 g/mol. The molecule has 0 radical (unpaired) electrons. The number of hydrogen-bond donors (Lipinski definition) is 2. The minimum atomic E-state index is -1.45. The Hall–Kier alpha value is -2.54. The lowest BCUT2D eigenvalue weighted by molar-refractivity contribution is -0.388. The summed E-state index contributed by atoms with van der Waals surface area (Å²) in [5.41, 5.74) is -2.06. The summed E-state index contributed by atoms with van der Waals surface area (Å²) in [5.74, 6) is -2.91. The summed E-state index contributed by atoms with van der Waals surface area (Å²) in [5, 5.41) is 40.0. The van der Waals surface area contributed by atoms with Gasteiger partial charge in [0.15, 0.2) is 0 Å². The highest BCUT2D eigenvalue weighted by Gasteiger charge is 2.25. The Labute approximate surface area is 173 Å². The zero-order chi connectivity index (χ0) is 21.2. The van der Waals surface area contributed by atoms with Gasteiger partial charge < -0.3 is 10.2 Å². The molecule has 10 nitrogen and oxygen atoms in total. The van der Waals surface area contributed by atoms with Crippen LogP contribution in [-0.4, -0.2) is 32.0 Å². The Morgan fingerprint density at radius 1 is 0.786 bits per heavy atom. The van der Waals surface area contributed by atoms with Gasteiger partial charge in [-0.05, 0) is 33.7 Å². The van der Waals surface area contributed by atoms with E-state index < -0.39 is 44.3 Å². The van der Waals surface area contributed by atoms with E-state index in [2.05, 4.69) is 0 Å². The van der Waals surface area contributed by atoms with Crippen LogP contribution in [0.25, 0.3) is 0 Å². The van der Waals surface area contributed by atoms with E-state index in [0.717, 1.165) is 24.3 Å². The van der Waals surface area contributed by atoms with Gasteiger partial charge in [0, 0.05) is 12.1 Å². The smallest absolute Gasteiger partial charge is 0.337 e. The summed E-state index contributed by atoms with van der Waals surface area (Å²) in [6, 6.07) is 3.67. The zero-order valence-corrected chi connectivity index (χ0v) is 16.3. The van der Waals surface area contributed by atoms with Crippen molar-refractivity contribution in [1.29, 1.82) is 0 Å². The van der Waals surface area contributed by atoms with Crippen molar-refractivity contribution in [2.45, 2.75) is 9.79 Å². The third-order valence-corrected chi connectivity index (χ3v) is 6.22. The number of nitrogens with zero attached hydrogens (tertiary/aromatic N) is 2. The van der Waals surface area contributed by atoms with Crippen LogP contribution in [0.4, 0.5) is 11.4 Å². The lowest BCUT2D eigenvalue weighted by Crippen LogP contribution is -2.01. The molecule has 2 aromatic rings. The molecule has 2 N–H and O–H groups in total. The predicted octanol–water partition coefficient (Wildman–Crippen LogP) is 5.01. The first-order valence-electron chi connectivity index (χ1n) is 6.80. The number of carboxylic acids is 2. The van der Waals surface area contributed by atoms with Crippen LogP contribution in [0.2, 0.25) is 10.0 Å². The number of hydrogen-bond acceptors (Lipinski definition) is 8. The Morgan fingerprint density at radius 2 is 1.11 bits per heavy atom. The van der Waals surface area contributed by atoms with E-state index >= 15 is 0 Å². The molecule has 0 aliphatic heterocycles. The molecule has 14 heteroatoms. The van der Waals surface area contributed by atoms with E-state index in [0.29, 0.717) is 21.6 Å². The van der Waals surface area contributed by atoms with Crippen LogP contribution in [-0.2, 0) is 0 Å². The van der Waals surface area contributed by atoms with E-state index in [9.17, 15) is 29.8 Å². The van der Waals surface area contributed by atoms with Gasteiger partial charge in [0.1, 0.15) is 0 Å². The lowest BCUT2D eigenvalue weighted by atomic mass is 10.2. The zero-order valence-electron chi connectivity index (χ0n) is 13.1. The highest BCUT2D eigenvalue weighted by atomic mass is 35.5. The Morgan fingerprint density at radius 3 is 1.36 bits per heavy atom. The number of nitro groups is 2. The molecule has 0 fully saturated rings. The normalized spacial score (nSPS) is 10.5. The number of rotatable bonds is 7. The lowest BCUT2D eigenvalue weighted by Gasteiger charge is -2.07. The van der Waals surface area contributed by atoms with E-state index in [1.54, 1.807) is 0 Å². The van der Waals surface area contributed by atoms with Gasteiger partial charge in [0.05, 0.1) is 40.8 Å². The fourth-order valence-electron chi connectivity index (χ4n) is 1.92. The SMILES string of the molecule is O=C(O)c1cc([N+](=O)[O-])c(SSc2cc(Cl)c(C(=O)O)cc2[N+](=O)[O-])cc1Cl. The highest BCUT2D eigenvalue weighted by molar-refractivity contribution is 8.76. The summed E-state index contributed by atoms with van der Waals surface area (Å²) in [7, 11) is 1.41. The van der Waals surface area contributed by atoms with Gasteiger partial charge >= 0.3 is 11.9 Å². The highest BCUT2D eigenvalue weighted by Crippen LogP contribution is 2.47. The molecule has 2 rings (SSSR count). The number of carboxylic acid groups (broad SMARTS) is 2. The molecule has 146 valence electrons. The minimum Gasteiger partial charge on any atom is -0.478 e. The fraction of sp³-hybridized carbons (Fsp3) is 0. The average molecular weight is 465 g/mol. The third-order valence-electron chi connectivity index (χ3n) is 3.17. The maximum absolute atomic E-state index is 11.2. The molecule has 2 aromatic carbocycles. The molecule has 28 heavy (non-hydrogen) atoms. The maximum Gasteiger partial charge on any atom is 0.337 e. The predicted molar refractivity (Wildman–Crippen MR) is 102 cm³/mol. The number of benzene rings is 2. The van der Waals surface area contributed by atoms with Crippen molar-refractivity contribution >= 4 is 68.1 Å². The first-order chi connectivity index (χ1) is 13.0. The van der Waals surface area contributed by atoms with Crippen LogP contribution in [0.3, 0.4) is 0 Å². The summed E-state index contributed by atoms with van der Waals surface area (Å²) in [6.45, 7) is 0. The first kappa shape index (κ1) is 21.8. The van der Waals surface area contributed by atoms with Gasteiger partial charge in [0.25, 0.3) is 11.4 Å². The quantitative estimate of drug-likeness (QED) is 0.323. The summed E-state index contributed by atoms with van der Waals surface area (Å²) in [6.07, 6.45) is 0. The number of aromatic carboxylic acids is 2. The summed E-state index contributed by atoms with van der Waals surface area (Å²) in [4.78, 5) is 42.8. The second-order valence-electron chi connectivity index (χ2n) is 4.89. The van der Waals surface area contributed by atoms with Crippen molar-refractivity contribution in [2.75, 3.05) is 0 Å². The van der Waals surface area contributed by atoms with Crippen LogP contribution in [0.5, 0.6) is 0 Å². The number of nitro benzene ring substituents is 2. The van der Waals surface area contributed by atoms with E-state index in [1.807, 2.05) is 0 Å². The molecule has 0 aliphatic rings. The van der Waals surface area contributed by atoms with Crippen LogP contribution < -0.4 is 0 Å². The minimum absolute atomic E-state index is 0.0577. The second-order valence-corrected chi connectivity index (χ2v) is 7.92. The third kappa shape index (κ3) is 4.65. The van der Waals surface area contributed by atoms with Crippen LogP contribution in [0.1, 0.15) is 20.7 Å². The van der Waals surface area contributed by atoms with Crippen LogP contribution in [0, 0.1) is 20.2 Å². The Balaban J connectivity index is 2.46. The topological polar surface area (TPSA) is 161 Å². The molecule has 0 bridgehead atoms. The van der Waals surface area contributed by atoms with Crippen molar-refractivity contribution in [1.82, 2.24) is 0 Å². The molecule has 0 saturated carbocycles. The Bertz CT molecular complexity index is 949. The molecule has 0 spiro atoms. The first-order valence-corrected chi connectivity index (χ1v) is 9.70. The molecular formula is C14H6Cl2N2O8S2. The van der Waals surface area contributed by atoms with Crippen molar-refractivity contribution in [3.8, 4) is 0 Å². The summed E-state index contributed by atoms with van der Waals surface area (Å²) >= 11 is 11.6. The number of halogens is 2. The molecule has 0 aliphatic carbocycles. The van der Waals surface area contributed by atoms with E-state index in [1.165, 1.54) is 0 Å². The van der Waals surface area contributed by atoms with Gasteiger partial charge in [-0.3, -0.25) is 20.2 Å². The summed E-state index contributed by atoms with van der Waals surface area (Å²) < 4.78 is 0. The Kier molecular flexibility index (Phi) is 6.72. The maximum atomic E-state index is 11.2. The standard InChI is InChI=1S/C14H6Cl2N2O8S2/c15-7-3-11(9(17(23)24)1-5(7)13(19)20)27-28-12-4-8(16)6(14(21)22)2-10(12)18(25)26/h1-4H,(H,19,20)(H,21,22). The van der Waals surface area contributed by atoms with Gasteiger partial charge in [-0.25, -0.2) is 9.59 Å². The molecule has 0 unspecified atom stereocenters. The van der Waals surface area contributed by atoms with Crippen LogP contribution in [0.15, 0.2) is 34.1 Å². The second kappa shape index (κ2) is 8.65. The molecular weight excluding hydrogens is 459 g/mol. The molecule has 0 saturated heterocycles. The van der Waals surface area contributed by atoms with Crippen molar-refractivity contribution in [2.24, 2.45) is 0 Å². The van der Waals surface area contributed by atoms with Crippen molar-refractivity contribution in [3.63, 3.8) is 0 Å². The van der Waals surface area contributed by atoms with Crippen molar-refractivity contribution < 1.29 is 29.6 Å². The van der Waals surface area contributed by atoms with Crippen molar-refractivity contribution in [3.05, 3.63) is 65.7 Å². The van der Waals surface area contributed by atoms with Gasteiger partial charge in [-0.2, -0.15) is 0 Å².